The molecule has 1 aliphatic rings. The number of hydrogen-bond acceptors (Lipinski definition) is 6. The number of nitrogens with zero attached hydrogens (tertiary/aromatic N) is 3. The summed E-state index contributed by atoms with van der Waals surface area (Å²) >= 11 is 0. The maximum absolute atomic E-state index is 13.7. The number of carbonyl (C=O) groups excluding carboxylic acids is 1. The normalized spacial score (nSPS) is 15.3. The second kappa shape index (κ2) is 7.72. The molecule has 2 aromatic heterocycles. The molecule has 3 aromatic rings. The van der Waals surface area contributed by atoms with Crippen LogP contribution in [0.5, 0.6) is 5.88 Å². The number of fused-ring (bicyclic) bond motifs is 1. The summed E-state index contributed by atoms with van der Waals surface area (Å²) in [4.78, 5) is 21.3. The molecule has 29 heavy (non-hydrogen) atoms. The third-order valence-electron chi connectivity index (χ3n) is 4.74. The van der Waals surface area contributed by atoms with Crippen molar-refractivity contribution in [3.63, 3.8) is 0 Å². The van der Waals surface area contributed by atoms with Crippen molar-refractivity contribution in [3.8, 4) is 23.4 Å². The molecule has 1 N–H and O–H groups in total. The Balaban J connectivity index is 1.60. The highest BCUT2D eigenvalue weighted by Crippen LogP contribution is 2.33. The first-order valence-electron chi connectivity index (χ1n) is 9.09. The number of nitrogens with one attached hydrogen (secondary N) is 1. The van der Waals surface area contributed by atoms with Crippen molar-refractivity contribution in [2.75, 3.05) is 7.11 Å². The van der Waals surface area contributed by atoms with Gasteiger partial charge in [0.1, 0.15) is 17.3 Å². The molecule has 7 nitrogen and oxygen atoms in total. The van der Waals surface area contributed by atoms with E-state index in [1.165, 1.54) is 13.2 Å². The lowest BCUT2D eigenvalue weighted by atomic mass is 9.96. The Morgan fingerprint density at radius 3 is 3.03 bits per heavy atom. The second-order valence-corrected chi connectivity index (χ2v) is 6.67. The van der Waals surface area contributed by atoms with Gasteiger partial charge in [0.05, 0.1) is 24.8 Å². The Morgan fingerprint density at radius 2 is 2.24 bits per heavy atom. The molecule has 2 heterocycles. The molecule has 0 bridgehead atoms. The van der Waals surface area contributed by atoms with E-state index in [1.807, 2.05) is 6.07 Å². The van der Waals surface area contributed by atoms with Crippen molar-refractivity contribution in [1.29, 1.82) is 5.26 Å². The van der Waals surface area contributed by atoms with Crippen molar-refractivity contribution in [2.45, 2.75) is 25.3 Å². The molecule has 0 saturated heterocycles. The largest absolute Gasteiger partial charge is 0.481 e. The molecule has 1 aromatic carbocycles. The van der Waals surface area contributed by atoms with Crippen LogP contribution < -0.4 is 10.1 Å². The lowest BCUT2D eigenvalue weighted by molar-refractivity contribution is 0.0931. The fourth-order valence-corrected chi connectivity index (χ4v) is 3.36. The predicted octanol–water partition coefficient (Wildman–Crippen LogP) is 3.56. The van der Waals surface area contributed by atoms with Crippen LogP contribution in [0.2, 0.25) is 0 Å². The average molecular weight is 392 g/mol. The summed E-state index contributed by atoms with van der Waals surface area (Å²) in [6, 6.07) is 8.54. The predicted molar refractivity (Wildman–Crippen MR) is 101 cm³/mol. The molecule has 146 valence electrons. The van der Waals surface area contributed by atoms with Crippen LogP contribution in [0.4, 0.5) is 4.39 Å². The van der Waals surface area contributed by atoms with E-state index < -0.39 is 11.7 Å². The number of aromatic nitrogens is 2. The van der Waals surface area contributed by atoms with Gasteiger partial charge in [-0.25, -0.2) is 14.4 Å². The highest BCUT2D eigenvalue weighted by molar-refractivity contribution is 5.94. The number of carbonyl (C=O) groups is 1. The molecule has 1 amide bonds. The Hall–Kier alpha value is -3.73. The molecule has 1 aliphatic carbocycles. The molecule has 8 heteroatoms. The van der Waals surface area contributed by atoms with Gasteiger partial charge in [-0.2, -0.15) is 5.26 Å². The van der Waals surface area contributed by atoms with Gasteiger partial charge in [0.2, 0.25) is 11.8 Å². The quantitative estimate of drug-likeness (QED) is 0.728. The van der Waals surface area contributed by atoms with Crippen LogP contribution in [-0.2, 0) is 6.42 Å². The minimum Gasteiger partial charge on any atom is -0.481 e. The summed E-state index contributed by atoms with van der Waals surface area (Å²) in [5, 5.41) is 11.9. The summed E-state index contributed by atoms with van der Waals surface area (Å²) in [7, 11) is 1.53. The third-order valence-corrected chi connectivity index (χ3v) is 4.74. The molecule has 0 aliphatic heterocycles. The third kappa shape index (κ3) is 3.80. The number of ether oxygens (including phenoxy) is 1. The molecule has 0 fully saturated rings. The molecule has 0 unspecified atom stereocenters. The number of halogens is 1. The minimum absolute atomic E-state index is 0.0924. The number of nitriles is 1. The SMILES string of the molecule is COc1cc(-c2nc3c(o2)CCC[C@@H]3NC(=O)c2cc(F)cc(C#N)c2)ccn1. The van der Waals surface area contributed by atoms with E-state index in [0.29, 0.717) is 29.6 Å². The van der Waals surface area contributed by atoms with E-state index in [0.717, 1.165) is 30.5 Å². The number of rotatable bonds is 4. The molecule has 0 saturated carbocycles. The summed E-state index contributed by atoms with van der Waals surface area (Å²) < 4.78 is 24.7. The maximum atomic E-state index is 13.7. The van der Waals surface area contributed by atoms with E-state index in [9.17, 15) is 9.18 Å². The van der Waals surface area contributed by atoms with Crippen molar-refractivity contribution >= 4 is 5.91 Å². The number of amides is 1. The van der Waals surface area contributed by atoms with Crippen LogP contribution in [-0.4, -0.2) is 23.0 Å². The van der Waals surface area contributed by atoms with Gasteiger partial charge in [0, 0.05) is 29.8 Å². The zero-order chi connectivity index (χ0) is 20.4. The second-order valence-electron chi connectivity index (χ2n) is 6.67. The summed E-state index contributed by atoms with van der Waals surface area (Å²) in [5.74, 6) is 0.490. The fourth-order valence-electron chi connectivity index (χ4n) is 3.36. The van der Waals surface area contributed by atoms with Crippen LogP contribution in [0.25, 0.3) is 11.5 Å². The first-order valence-corrected chi connectivity index (χ1v) is 9.09. The van der Waals surface area contributed by atoms with Gasteiger partial charge in [-0.1, -0.05) is 0 Å². The van der Waals surface area contributed by atoms with Crippen LogP contribution in [0.15, 0.2) is 40.9 Å². The Morgan fingerprint density at radius 1 is 1.38 bits per heavy atom. The molecule has 4 rings (SSSR count). The van der Waals surface area contributed by atoms with Crippen molar-refractivity contribution in [1.82, 2.24) is 15.3 Å². The number of benzene rings is 1. The van der Waals surface area contributed by atoms with Crippen LogP contribution in [0.1, 0.15) is 46.3 Å². The summed E-state index contributed by atoms with van der Waals surface area (Å²) in [6.45, 7) is 0. The van der Waals surface area contributed by atoms with Crippen molar-refractivity contribution in [2.24, 2.45) is 0 Å². The van der Waals surface area contributed by atoms with E-state index in [4.69, 9.17) is 14.4 Å². The standard InChI is InChI=1S/C21H17FN4O3/c1-28-18-10-13(5-6-24-18)21-26-19-16(3-2-4-17(19)29-21)25-20(27)14-7-12(11-23)8-15(22)9-14/h5-10,16H,2-4H2,1H3,(H,25,27)/t16-/m0/s1. The molecular weight excluding hydrogens is 375 g/mol. The monoisotopic (exact) mass is 392 g/mol. The van der Waals surface area contributed by atoms with Gasteiger partial charge in [-0.3, -0.25) is 4.79 Å². The summed E-state index contributed by atoms with van der Waals surface area (Å²) in [5.41, 5.74) is 1.57. The van der Waals surface area contributed by atoms with E-state index in [1.54, 1.807) is 18.3 Å². The lowest BCUT2D eigenvalue weighted by Crippen LogP contribution is -2.31. The van der Waals surface area contributed by atoms with Gasteiger partial charge >= 0.3 is 0 Å². The topological polar surface area (TPSA) is 101 Å². The van der Waals surface area contributed by atoms with Gasteiger partial charge in [-0.05, 0) is 37.1 Å². The van der Waals surface area contributed by atoms with Gasteiger partial charge in [0.25, 0.3) is 5.91 Å². The fraction of sp³-hybridized carbons (Fsp3) is 0.238. The maximum Gasteiger partial charge on any atom is 0.251 e. The Labute approximate surface area is 166 Å². The van der Waals surface area contributed by atoms with E-state index in [-0.39, 0.29) is 17.2 Å². The zero-order valence-corrected chi connectivity index (χ0v) is 15.6. The van der Waals surface area contributed by atoms with Gasteiger partial charge < -0.3 is 14.5 Å². The Bertz CT molecular complexity index is 1120. The number of oxazole rings is 1. The number of aryl methyl sites for hydroxylation is 1. The number of methoxy groups -OCH3 is 1. The highest BCUT2D eigenvalue weighted by Gasteiger charge is 2.28. The number of hydrogen-bond donors (Lipinski definition) is 1. The average Bonchev–Trinajstić information content (AvgIpc) is 3.18. The Kier molecular flexibility index (Phi) is 4.96. The lowest BCUT2D eigenvalue weighted by Gasteiger charge is -2.21. The van der Waals surface area contributed by atoms with Gasteiger partial charge in [-0.15, -0.1) is 0 Å². The zero-order valence-electron chi connectivity index (χ0n) is 15.6. The van der Waals surface area contributed by atoms with Crippen LogP contribution in [0, 0.1) is 17.1 Å². The van der Waals surface area contributed by atoms with E-state index in [2.05, 4.69) is 15.3 Å². The van der Waals surface area contributed by atoms with E-state index >= 15 is 0 Å². The van der Waals surface area contributed by atoms with Crippen LogP contribution >= 0.6 is 0 Å². The van der Waals surface area contributed by atoms with Crippen molar-refractivity contribution < 1.29 is 18.3 Å². The molecule has 0 spiro atoms. The van der Waals surface area contributed by atoms with Crippen molar-refractivity contribution in [3.05, 3.63) is 64.9 Å². The smallest absolute Gasteiger partial charge is 0.251 e. The van der Waals surface area contributed by atoms with Gasteiger partial charge in [0.15, 0.2) is 0 Å². The molecular formula is C21H17FN4O3. The number of pyridine rings is 1. The minimum atomic E-state index is -0.631. The molecule has 0 radical (unpaired) electrons. The highest BCUT2D eigenvalue weighted by atomic mass is 19.1. The summed E-state index contributed by atoms with van der Waals surface area (Å²) in [6.07, 6.45) is 3.83. The first kappa shape index (κ1) is 18.6. The van der Waals surface area contributed by atoms with Crippen LogP contribution in [0.3, 0.4) is 0 Å². The first-order chi connectivity index (χ1) is 14.1. The molecule has 1 atom stereocenters.